The van der Waals surface area contributed by atoms with Crippen molar-refractivity contribution in [2.24, 2.45) is 5.41 Å². The van der Waals surface area contributed by atoms with Gasteiger partial charge in [0.1, 0.15) is 23.9 Å². The van der Waals surface area contributed by atoms with E-state index in [0.717, 1.165) is 34.9 Å². The van der Waals surface area contributed by atoms with Crippen LogP contribution in [0.3, 0.4) is 0 Å². The molecule has 3 aliphatic rings. The van der Waals surface area contributed by atoms with Gasteiger partial charge in [0, 0.05) is 42.1 Å². The average Bonchev–Trinajstić information content (AvgIpc) is 3.74. The molecule has 2 aromatic carbocycles. The van der Waals surface area contributed by atoms with Crippen molar-refractivity contribution in [1.82, 2.24) is 25.2 Å². The molecule has 3 saturated heterocycles. The number of benzene rings is 2. The minimum atomic E-state index is -3.70. The highest BCUT2D eigenvalue weighted by Gasteiger charge is 2.47. The SMILES string of the molecule is C[C@H](NP(=O)(Cc1ccc2sc(C(=O)N[C@H]3CCC[C@H]4CC[C@@H](C(=O)N5CC(c6cccnc6)C5)N4C3=O)cc2c1)Oc1ccccc1)C(=O)OCC(C)(C)C. The molecule has 0 bridgehead atoms. The third-order valence-electron chi connectivity index (χ3n) is 10.6. The molecule has 3 fully saturated rings. The first-order chi connectivity index (χ1) is 26.7. The molecule has 4 aromatic rings. The van der Waals surface area contributed by atoms with Crippen molar-refractivity contribution in [3.8, 4) is 5.75 Å². The number of amides is 3. The van der Waals surface area contributed by atoms with Crippen molar-refractivity contribution in [3.63, 3.8) is 0 Å². The minimum absolute atomic E-state index is 0.00930. The fraction of sp³-hybridized carbons (Fsp3) is 0.452. The summed E-state index contributed by atoms with van der Waals surface area (Å²) in [7, 11) is -3.70. The number of aromatic nitrogens is 1. The number of hydrogen-bond donors (Lipinski definition) is 2. The van der Waals surface area contributed by atoms with Gasteiger partial charge in [-0.05, 0) is 97.4 Å². The normalized spacial score (nSPS) is 21.7. The van der Waals surface area contributed by atoms with E-state index in [1.54, 1.807) is 48.4 Å². The maximum atomic E-state index is 14.4. The molecule has 0 spiro atoms. The number of likely N-dealkylation sites (tertiary alicyclic amines) is 1. The number of hydrogen-bond acceptors (Lipinski definition) is 9. The number of fused-ring (bicyclic) bond motifs is 2. The van der Waals surface area contributed by atoms with Crippen LogP contribution in [0.15, 0.2) is 79.1 Å². The quantitative estimate of drug-likeness (QED) is 0.115. The third kappa shape index (κ3) is 9.17. The van der Waals surface area contributed by atoms with Crippen LogP contribution in [0, 0.1) is 5.41 Å². The lowest BCUT2D eigenvalue weighted by Gasteiger charge is -2.42. The van der Waals surface area contributed by atoms with Crippen LogP contribution < -0.4 is 14.9 Å². The largest absolute Gasteiger partial charge is 0.464 e. The van der Waals surface area contributed by atoms with Gasteiger partial charge in [-0.2, -0.15) is 0 Å². The van der Waals surface area contributed by atoms with E-state index in [1.807, 2.05) is 68.3 Å². The maximum absolute atomic E-state index is 14.4. The Morgan fingerprint density at radius 2 is 1.79 bits per heavy atom. The van der Waals surface area contributed by atoms with Crippen LogP contribution in [-0.2, 0) is 29.8 Å². The highest BCUT2D eigenvalue weighted by atomic mass is 32.1. The second-order valence-electron chi connectivity index (χ2n) is 16.4. The predicted octanol–water partition coefficient (Wildman–Crippen LogP) is 6.90. The van der Waals surface area contributed by atoms with Crippen LogP contribution in [0.25, 0.3) is 10.1 Å². The molecule has 7 rings (SSSR count). The standard InChI is InChI=1S/C42H50N5O7PS/c1-27(41(51)53-26-42(2,3)4)45-55(52,54-33-12-6-5-7-13-33)25-28-15-18-36-30(20-28)21-37(56-36)38(48)44-34-14-8-11-32-16-17-35(47(32)39(34)49)40(50)46-23-31(24-46)29-10-9-19-43-22-29/h5-7,9-10,12-13,15,18-22,27,31-32,34-35H,8,11,14,16-17,23-26H2,1-4H3,(H,44,48)(H,45,52)/t27-,32-,34-,35-,55?/m0/s1. The molecule has 0 radical (unpaired) electrons. The molecule has 14 heteroatoms. The van der Waals surface area contributed by atoms with Crippen LogP contribution in [0.1, 0.15) is 86.5 Å². The monoisotopic (exact) mass is 799 g/mol. The topological polar surface area (TPSA) is 147 Å². The number of carbonyl (C=O) groups is 4. The molecule has 1 unspecified atom stereocenters. The molecule has 0 saturated carbocycles. The summed E-state index contributed by atoms with van der Waals surface area (Å²) in [6.07, 6.45) is 7.04. The smallest absolute Gasteiger partial charge is 0.323 e. The fourth-order valence-electron chi connectivity index (χ4n) is 7.72. The van der Waals surface area contributed by atoms with Crippen LogP contribution in [-0.4, -0.2) is 82.3 Å². The molecule has 2 N–H and O–H groups in total. The van der Waals surface area contributed by atoms with E-state index >= 15 is 0 Å². The first kappa shape index (κ1) is 39.6. The number of nitrogens with zero attached hydrogens (tertiary/aromatic N) is 3. The van der Waals surface area contributed by atoms with E-state index < -0.39 is 31.6 Å². The zero-order valence-electron chi connectivity index (χ0n) is 32.3. The fourth-order valence-corrected chi connectivity index (χ4v) is 10.7. The molecule has 3 aliphatic heterocycles. The minimum Gasteiger partial charge on any atom is -0.464 e. The first-order valence-corrected chi connectivity index (χ1v) is 22.0. The van der Waals surface area contributed by atoms with E-state index in [0.29, 0.717) is 42.1 Å². The van der Waals surface area contributed by atoms with Gasteiger partial charge in [0.2, 0.25) is 11.8 Å². The molecular weight excluding hydrogens is 750 g/mol. The Balaban J connectivity index is 1.02. The third-order valence-corrected chi connectivity index (χ3v) is 13.8. The molecule has 2 aromatic heterocycles. The Hall–Kier alpha value is -4.58. The van der Waals surface area contributed by atoms with Crippen molar-refractivity contribution < 1.29 is 33.0 Å². The number of esters is 1. The number of pyridine rings is 1. The van der Waals surface area contributed by atoms with Crippen molar-refractivity contribution in [2.45, 2.75) is 96.0 Å². The summed E-state index contributed by atoms with van der Waals surface area (Å²) in [6, 6.07) is 17.9. The molecule has 5 heterocycles. The van der Waals surface area contributed by atoms with Crippen molar-refractivity contribution in [2.75, 3.05) is 19.7 Å². The van der Waals surface area contributed by atoms with Crippen LogP contribution >= 0.6 is 18.9 Å². The number of carbonyl (C=O) groups excluding carboxylic acids is 4. The lowest BCUT2D eigenvalue weighted by molar-refractivity contribution is -0.148. The van der Waals surface area contributed by atoms with E-state index in [-0.39, 0.29) is 47.9 Å². The van der Waals surface area contributed by atoms with Gasteiger partial charge in [0.15, 0.2) is 0 Å². The van der Waals surface area contributed by atoms with E-state index in [1.165, 1.54) is 11.3 Å². The van der Waals surface area contributed by atoms with Gasteiger partial charge in [-0.3, -0.25) is 28.7 Å². The Morgan fingerprint density at radius 3 is 2.52 bits per heavy atom. The summed E-state index contributed by atoms with van der Waals surface area (Å²) in [6.45, 7) is 8.93. The lowest BCUT2D eigenvalue weighted by Crippen LogP contribution is -2.58. The number of nitrogens with one attached hydrogen (secondary N) is 2. The van der Waals surface area contributed by atoms with E-state index in [9.17, 15) is 23.7 Å². The molecule has 296 valence electrons. The molecular formula is C42H50N5O7PS. The van der Waals surface area contributed by atoms with E-state index in [4.69, 9.17) is 9.26 Å². The summed E-state index contributed by atoms with van der Waals surface area (Å²) >= 11 is 1.31. The lowest BCUT2D eigenvalue weighted by atomic mass is 9.92. The highest BCUT2D eigenvalue weighted by Crippen LogP contribution is 2.47. The van der Waals surface area contributed by atoms with Gasteiger partial charge >= 0.3 is 13.5 Å². The predicted molar refractivity (Wildman–Crippen MR) is 216 cm³/mol. The molecule has 0 aliphatic carbocycles. The summed E-state index contributed by atoms with van der Waals surface area (Å²) in [5, 5.41) is 6.72. The van der Waals surface area contributed by atoms with Crippen LogP contribution in [0.4, 0.5) is 0 Å². The number of thiophene rings is 1. The first-order valence-electron chi connectivity index (χ1n) is 19.4. The van der Waals surface area contributed by atoms with Crippen molar-refractivity contribution >= 4 is 52.6 Å². The van der Waals surface area contributed by atoms with Gasteiger partial charge in [-0.1, -0.05) is 51.1 Å². The van der Waals surface area contributed by atoms with Gasteiger partial charge in [-0.15, -0.1) is 11.3 Å². The molecule has 56 heavy (non-hydrogen) atoms. The molecule has 12 nitrogen and oxygen atoms in total. The van der Waals surface area contributed by atoms with Crippen LogP contribution in [0.5, 0.6) is 5.75 Å². The van der Waals surface area contributed by atoms with Crippen LogP contribution in [0.2, 0.25) is 0 Å². The second kappa shape index (κ2) is 16.5. The Morgan fingerprint density at radius 1 is 1.00 bits per heavy atom. The summed E-state index contributed by atoms with van der Waals surface area (Å²) < 4.78 is 26.8. The Kier molecular flexibility index (Phi) is 11.7. The summed E-state index contributed by atoms with van der Waals surface area (Å²) in [4.78, 5) is 62.6. The zero-order valence-corrected chi connectivity index (χ0v) is 34.0. The van der Waals surface area contributed by atoms with Gasteiger partial charge in [0.25, 0.3) is 5.91 Å². The number of para-hydroxylation sites is 1. The average molecular weight is 800 g/mol. The zero-order chi connectivity index (χ0) is 39.6. The Bertz CT molecular complexity index is 2120. The van der Waals surface area contributed by atoms with Crippen molar-refractivity contribution in [1.29, 1.82) is 0 Å². The Labute approximate surface area is 331 Å². The highest BCUT2D eigenvalue weighted by molar-refractivity contribution is 7.56. The maximum Gasteiger partial charge on any atom is 0.323 e. The molecule has 3 amide bonds. The van der Waals surface area contributed by atoms with Gasteiger partial charge in [0.05, 0.1) is 17.6 Å². The summed E-state index contributed by atoms with van der Waals surface area (Å²) in [5.41, 5.74) is 1.58. The molecule has 5 atom stereocenters. The van der Waals surface area contributed by atoms with Crippen molar-refractivity contribution in [3.05, 3.63) is 95.1 Å². The van der Waals surface area contributed by atoms with Gasteiger partial charge in [-0.25, -0.2) is 5.09 Å². The number of ether oxygens (including phenoxy) is 1. The second-order valence-corrected chi connectivity index (χ2v) is 19.6. The summed E-state index contributed by atoms with van der Waals surface area (Å²) in [5.74, 6) is -0.444. The van der Waals surface area contributed by atoms with E-state index in [2.05, 4.69) is 15.4 Å². The number of rotatable bonds is 12. The van der Waals surface area contributed by atoms with Gasteiger partial charge < -0.3 is 24.4 Å².